The molecule has 0 spiro atoms. The van der Waals surface area contributed by atoms with Crippen LogP contribution in [0.5, 0.6) is 0 Å². The van der Waals surface area contributed by atoms with E-state index in [1.807, 2.05) is 7.05 Å². The summed E-state index contributed by atoms with van der Waals surface area (Å²) in [7, 11) is 1.92. The van der Waals surface area contributed by atoms with Crippen LogP contribution in [0.15, 0.2) is 0 Å². The molecule has 4 nitrogen and oxygen atoms in total. The molecule has 2 aliphatic rings. The second kappa shape index (κ2) is 6.27. The minimum absolute atomic E-state index is 0.626. The topological polar surface area (TPSA) is 33.1 Å². The van der Waals surface area contributed by atoms with Crippen molar-refractivity contribution in [2.45, 2.75) is 58.2 Å². The van der Waals surface area contributed by atoms with E-state index >= 15 is 0 Å². The van der Waals surface area contributed by atoms with Crippen LogP contribution in [-0.2, 0) is 13.6 Å². The molecular formula is C16H27ClN4. The van der Waals surface area contributed by atoms with E-state index in [4.69, 9.17) is 11.6 Å². The first kappa shape index (κ1) is 15.3. The molecule has 1 saturated heterocycles. The van der Waals surface area contributed by atoms with E-state index in [0.717, 1.165) is 36.4 Å². The molecule has 5 heteroatoms. The molecule has 118 valence electrons. The van der Waals surface area contributed by atoms with Crippen LogP contribution in [0.4, 0.5) is 0 Å². The molecule has 1 saturated carbocycles. The van der Waals surface area contributed by atoms with Gasteiger partial charge in [0, 0.05) is 44.3 Å². The maximum atomic E-state index is 6.43. The van der Waals surface area contributed by atoms with E-state index in [-0.39, 0.29) is 0 Å². The number of nitrogens with one attached hydrogen (secondary N) is 1. The molecule has 21 heavy (non-hydrogen) atoms. The van der Waals surface area contributed by atoms with Crippen LogP contribution in [0, 0.1) is 12.8 Å². The highest BCUT2D eigenvalue weighted by molar-refractivity contribution is 6.30. The fraction of sp³-hybridized carbons (Fsp3) is 0.812. The van der Waals surface area contributed by atoms with Crippen LogP contribution in [-0.4, -0.2) is 39.9 Å². The van der Waals surface area contributed by atoms with Gasteiger partial charge in [0.25, 0.3) is 0 Å². The third-order valence-corrected chi connectivity index (χ3v) is 5.48. The predicted octanol–water partition coefficient (Wildman–Crippen LogP) is 2.73. The average molecular weight is 311 g/mol. The first-order chi connectivity index (χ1) is 10.1. The van der Waals surface area contributed by atoms with Gasteiger partial charge in [-0.3, -0.25) is 9.58 Å². The predicted molar refractivity (Wildman–Crippen MR) is 86.6 cm³/mol. The molecule has 1 aromatic heterocycles. The number of nitrogens with zero attached hydrogens (tertiary/aromatic N) is 3. The van der Waals surface area contributed by atoms with Crippen molar-refractivity contribution in [3.05, 3.63) is 16.4 Å². The number of halogens is 1. The van der Waals surface area contributed by atoms with Gasteiger partial charge in [-0.15, -0.1) is 0 Å². The van der Waals surface area contributed by atoms with E-state index < -0.39 is 0 Å². The zero-order valence-corrected chi connectivity index (χ0v) is 14.2. The minimum atomic E-state index is 0.626. The molecule has 3 rings (SSSR count). The molecule has 0 aromatic carbocycles. The van der Waals surface area contributed by atoms with Crippen LogP contribution in [0.2, 0.25) is 5.15 Å². The molecule has 1 aliphatic heterocycles. The highest BCUT2D eigenvalue weighted by Crippen LogP contribution is 2.35. The minimum Gasteiger partial charge on any atom is -0.311 e. The summed E-state index contributed by atoms with van der Waals surface area (Å²) >= 11 is 6.43. The number of rotatable bonds is 5. The van der Waals surface area contributed by atoms with Gasteiger partial charge in [-0.2, -0.15) is 5.10 Å². The SMILES string of the molecule is CCCC1CNC(C2CC2)CN1Cc1c(C)nn(C)c1Cl. The van der Waals surface area contributed by atoms with Crippen molar-refractivity contribution in [2.75, 3.05) is 13.1 Å². The highest BCUT2D eigenvalue weighted by atomic mass is 35.5. The van der Waals surface area contributed by atoms with Crippen LogP contribution in [0.3, 0.4) is 0 Å². The summed E-state index contributed by atoms with van der Waals surface area (Å²) in [6, 6.07) is 1.30. The van der Waals surface area contributed by atoms with Crippen molar-refractivity contribution < 1.29 is 0 Å². The Kier molecular flexibility index (Phi) is 4.57. The lowest BCUT2D eigenvalue weighted by Crippen LogP contribution is -2.56. The molecule has 1 aliphatic carbocycles. The number of hydrogen-bond acceptors (Lipinski definition) is 3. The second-order valence-corrected chi connectivity index (χ2v) is 7.06. The Balaban J connectivity index is 1.74. The summed E-state index contributed by atoms with van der Waals surface area (Å²) in [5.41, 5.74) is 2.27. The number of piperazine rings is 1. The quantitative estimate of drug-likeness (QED) is 0.908. The summed E-state index contributed by atoms with van der Waals surface area (Å²) < 4.78 is 1.79. The molecule has 2 atom stereocenters. The molecule has 2 unspecified atom stereocenters. The molecule has 1 aromatic rings. The normalized spacial score (nSPS) is 27.2. The van der Waals surface area contributed by atoms with E-state index in [9.17, 15) is 0 Å². The molecule has 2 heterocycles. The van der Waals surface area contributed by atoms with E-state index in [1.54, 1.807) is 4.68 Å². The Bertz CT molecular complexity index is 495. The summed E-state index contributed by atoms with van der Waals surface area (Å²) in [4.78, 5) is 2.64. The van der Waals surface area contributed by atoms with E-state index in [0.29, 0.717) is 12.1 Å². The number of aryl methyl sites for hydroxylation is 2. The largest absolute Gasteiger partial charge is 0.311 e. The van der Waals surface area contributed by atoms with Gasteiger partial charge in [-0.05, 0) is 32.1 Å². The summed E-state index contributed by atoms with van der Waals surface area (Å²) in [6.45, 7) is 7.55. The van der Waals surface area contributed by atoms with Crippen molar-refractivity contribution in [1.29, 1.82) is 0 Å². The molecule has 1 N–H and O–H groups in total. The smallest absolute Gasteiger partial charge is 0.131 e. The molecular weight excluding hydrogens is 284 g/mol. The first-order valence-electron chi connectivity index (χ1n) is 8.25. The standard InChI is InChI=1S/C16H27ClN4/c1-4-5-13-8-18-15(12-6-7-12)10-21(13)9-14-11(2)19-20(3)16(14)17/h12-13,15,18H,4-10H2,1-3H3. The highest BCUT2D eigenvalue weighted by Gasteiger charge is 2.37. The van der Waals surface area contributed by atoms with Crippen molar-refractivity contribution in [3.63, 3.8) is 0 Å². The van der Waals surface area contributed by atoms with Crippen LogP contribution in [0.1, 0.15) is 43.9 Å². The molecule has 0 amide bonds. The molecule has 2 fully saturated rings. The summed E-state index contributed by atoms with van der Waals surface area (Å²) in [6.07, 6.45) is 5.28. The van der Waals surface area contributed by atoms with Gasteiger partial charge in [0.15, 0.2) is 0 Å². The van der Waals surface area contributed by atoms with Gasteiger partial charge >= 0.3 is 0 Å². The van der Waals surface area contributed by atoms with Crippen molar-refractivity contribution in [3.8, 4) is 0 Å². The second-order valence-electron chi connectivity index (χ2n) is 6.70. The number of aromatic nitrogens is 2. The zero-order chi connectivity index (χ0) is 15.0. The van der Waals surface area contributed by atoms with Gasteiger partial charge in [0.05, 0.1) is 5.69 Å². The summed E-state index contributed by atoms with van der Waals surface area (Å²) in [5, 5.41) is 9.02. The fourth-order valence-corrected chi connectivity index (χ4v) is 3.80. The van der Waals surface area contributed by atoms with Gasteiger partial charge in [0.1, 0.15) is 5.15 Å². The lowest BCUT2D eigenvalue weighted by Gasteiger charge is -2.40. The fourth-order valence-electron chi connectivity index (χ4n) is 3.57. The van der Waals surface area contributed by atoms with E-state index in [2.05, 4.69) is 29.2 Å². The van der Waals surface area contributed by atoms with Crippen molar-refractivity contribution in [1.82, 2.24) is 20.0 Å². The third-order valence-electron chi connectivity index (χ3n) is 5.01. The Morgan fingerprint density at radius 3 is 2.71 bits per heavy atom. The molecule has 0 radical (unpaired) electrons. The Labute approximate surface area is 132 Å². The third kappa shape index (κ3) is 3.27. The maximum absolute atomic E-state index is 6.43. The van der Waals surface area contributed by atoms with Gasteiger partial charge in [0.2, 0.25) is 0 Å². The van der Waals surface area contributed by atoms with Gasteiger partial charge in [-0.25, -0.2) is 0 Å². The monoisotopic (exact) mass is 310 g/mol. The lowest BCUT2D eigenvalue weighted by atomic mass is 10.0. The molecule has 0 bridgehead atoms. The Morgan fingerprint density at radius 1 is 1.38 bits per heavy atom. The Hall–Kier alpha value is -0.580. The maximum Gasteiger partial charge on any atom is 0.131 e. The zero-order valence-electron chi connectivity index (χ0n) is 13.4. The van der Waals surface area contributed by atoms with Crippen LogP contribution in [0.25, 0.3) is 0 Å². The summed E-state index contributed by atoms with van der Waals surface area (Å²) in [5.74, 6) is 0.903. The van der Waals surface area contributed by atoms with Crippen LogP contribution < -0.4 is 5.32 Å². The van der Waals surface area contributed by atoms with Gasteiger partial charge < -0.3 is 5.32 Å². The lowest BCUT2D eigenvalue weighted by molar-refractivity contribution is 0.108. The number of hydrogen-bond donors (Lipinski definition) is 1. The Morgan fingerprint density at radius 2 is 2.14 bits per heavy atom. The van der Waals surface area contributed by atoms with Crippen molar-refractivity contribution >= 4 is 11.6 Å². The van der Waals surface area contributed by atoms with Gasteiger partial charge in [-0.1, -0.05) is 24.9 Å². The van der Waals surface area contributed by atoms with Crippen LogP contribution >= 0.6 is 11.6 Å². The first-order valence-corrected chi connectivity index (χ1v) is 8.63. The average Bonchev–Trinajstić information content (AvgIpc) is 3.26. The van der Waals surface area contributed by atoms with E-state index in [1.165, 1.54) is 31.2 Å². The van der Waals surface area contributed by atoms with Crippen molar-refractivity contribution in [2.24, 2.45) is 13.0 Å².